The van der Waals surface area contributed by atoms with E-state index in [-0.39, 0.29) is 11.2 Å². The lowest BCUT2D eigenvalue weighted by molar-refractivity contribution is 0.629. The summed E-state index contributed by atoms with van der Waals surface area (Å²) in [6.07, 6.45) is 1.82. The van der Waals surface area contributed by atoms with Crippen LogP contribution in [0, 0.1) is 5.82 Å². The summed E-state index contributed by atoms with van der Waals surface area (Å²) in [6.45, 7) is 2.52. The second kappa shape index (κ2) is 4.90. The van der Waals surface area contributed by atoms with Crippen LogP contribution in [0.15, 0.2) is 29.9 Å². The molecule has 0 amide bonds. The van der Waals surface area contributed by atoms with Gasteiger partial charge in [-0.15, -0.1) is 22.9 Å². The van der Waals surface area contributed by atoms with Crippen molar-refractivity contribution in [2.45, 2.75) is 18.8 Å². The number of alkyl halides is 1. The van der Waals surface area contributed by atoms with Crippen LogP contribution in [0.2, 0.25) is 0 Å². The van der Waals surface area contributed by atoms with E-state index in [1.54, 1.807) is 22.9 Å². The topological polar surface area (TPSA) is 30.7 Å². The fourth-order valence-electron chi connectivity index (χ4n) is 2.07. The number of nitrogens with zero attached hydrogens (tertiary/aromatic N) is 3. The molecule has 0 bridgehead atoms. The second-order valence-corrected chi connectivity index (χ2v) is 5.90. The van der Waals surface area contributed by atoms with Crippen LogP contribution in [0.3, 0.4) is 0 Å². The van der Waals surface area contributed by atoms with Crippen LogP contribution in [0.4, 0.5) is 4.39 Å². The molecule has 0 N–H and O–H groups in total. The largest absolute Gasteiger partial charge is 0.321 e. The number of aromatic nitrogens is 3. The molecule has 0 spiro atoms. The molecule has 6 heteroatoms. The number of thiazole rings is 1. The van der Waals surface area contributed by atoms with Crippen molar-refractivity contribution >= 4 is 34.0 Å². The predicted molar refractivity (Wildman–Crippen MR) is 75.2 cm³/mol. The Morgan fingerprint density at radius 2 is 2.32 bits per heavy atom. The lowest BCUT2D eigenvalue weighted by atomic mass is 10.3. The number of rotatable bonds is 3. The SMILES string of the molecule is CC(Cl)c1nc2cc(F)ccc2n1Cc1cncs1. The Morgan fingerprint density at radius 3 is 3.00 bits per heavy atom. The summed E-state index contributed by atoms with van der Waals surface area (Å²) in [5.74, 6) is 0.458. The van der Waals surface area contributed by atoms with Crippen LogP contribution < -0.4 is 0 Å². The van der Waals surface area contributed by atoms with Gasteiger partial charge < -0.3 is 4.57 Å². The van der Waals surface area contributed by atoms with Gasteiger partial charge in [-0.3, -0.25) is 4.98 Å². The highest BCUT2D eigenvalue weighted by molar-refractivity contribution is 7.09. The van der Waals surface area contributed by atoms with Gasteiger partial charge in [0.15, 0.2) is 0 Å². The van der Waals surface area contributed by atoms with Crippen LogP contribution in [-0.4, -0.2) is 14.5 Å². The van der Waals surface area contributed by atoms with Crippen LogP contribution in [-0.2, 0) is 6.54 Å². The molecule has 1 atom stereocenters. The zero-order chi connectivity index (χ0) is 13.4. The summed E-state index contributed by atoms with van der Waals surface area (Å²) < 4.78 is 15.3. The first-order valence-corrected chi connectivity index (χ1v) is 7.14. The van der Waals surface area contributed by atoms with E-state index in [9.17, 15) is 4.39 Å². The standard InChI is InChI=1S/C13H11ClFN3S/c1-8(14)13-17-11-4-9(15)2-3-12(11)18(13)6-10-5-16-7-19-10/h2-5,7-8H,6H2,1H3. The maximum Gasteiger partial charge on any atom is 0.128 e. The predicted octanol–water partition coefficient (Wildman–Crippen LogP) is 3.98. The molecule has 2 heterocycles. The molecule has 0 aliphatic rings. The number of hydrogen-bond donors (Lipinski definition) is 0. The van der Waals surface area contributed by atoms with Crippen LogP contribution >= 0.6 is 22.9 Å². The maximum atomic E-state index is 13.3. The third kappa shape index (κ3) is 2.35. The quantitative estimate of drug-likeness (QED) is 0.684. The molecule has 2 aromatic heterocycles. The van der Waals surface area contributed by atoms with Gasteiger partial charge in [-0.25, -0.2) is 9.37 Å². The fraction of sp³-hybridized carbons (Fsp3) is 0.231. The summed E-state index contributed by atoms with van der Waals surface area (Å²) in [6, 6.07) is 4.61. The third-order valence-electron chi connectivity index (χ3n) is 2.89. The molecule has 0 fully saturated rings. The monoisotopic (exact) mass is 295 g/mol. The number of imidazole rings is 1. The van der Waals surface area contributed by atoms with Crippen molar-refractivity contribution in [3.05, 3.63) is 46.4 Å². The molecule has 0 aliphatic carbocycles. The molecule has 3 aromatic rings. The molecule has 0 aliphatic heterocycles. The summed E-state index contributed by atoms with van der Waals surface area (Å²) in [7, 11) is 0. The van der Waals surface area contributed by atoms with Gasteiger partial charge >= 0.3 is 0 Å². The highest BCUT2D eigenvalue weighted by Gasteiger charge is 2.16. The molecule has 0 radical (unpaired) electrons. The molecule has 0 saturated heterocycles. The molecule has 3 nitrogen and oxygen atoms in total. The van der Waals surface area contributed by atoms with E-state index < -0.39 is 0 Å². The molecule has 1 unspecified atom stereocenters. The Balaban J connectivity index is 2.16. The van der Waals surface area contributed by atoms with Crippen molar-refractivity contribution in [1.29, 1.82) is 0 Å². The second-order valence-electron chi connectivity index (χ2n) is 4.27. The normalized spacial score (nSPS) is 13.0. The van der Waals surface area contributed by atoms with Crippen molar-refractivity contribution in [2.24, 2.45) is 0 Å². The average molecular weight is 296 g/mol. The van der Waals surface area contributed by atoms with Crippen LogP contribution in [0.5, 0.6) is 0 Å². The van der Waals surface area contributed by atoms with E-state index in [0.717, 1.165) is 16.2 Å². The van der Waals surface area contributed by atoms with Gasteiger partial charge in [0.05, 0.1) is 28.5 Å². The van der Waals surface area contributed by atoms with E-state index >= 15 is 0 Å². The van der Waals surface area contributed by atoms with E-state index in [4.69, 9.17) is 11.6 Å². The minimum absolute atomic E-state index is 0.233. The Morgan fingerprint density at radius 1 is 1.47 bits per heavy atom. The zero-order valence-corrected chi connectivity index (χ0v) is 11.7. The highest BCUT2D eigenvalue weighted by Crippen LogP contribution is 2.26. The fourth-order valence-corrected chi connectivity index (χ4v) is 2.82. The van der Waals surface area contributed by atoms with Crippen molar-refractivity contribution in [3.63, 3.8) is 0 Å². The van der Waals surface area contributed by atoms with Crippen molar-refractivity contribution in [3.8, 4) is 0 Å². The first kappa shape index (κ1) is 12.6. The first-order valence-electron chi connectivity index (χ1n) is 5.82. The zero-order valence-electron chi connectivity index (χ0n) is 10.2. The lowest BCUT2D eigenvalue weighted by Gasteiger charge is -2.08. The smallest absolute Gasteiger partial charge is 0.128 e. The minimum Gasteiger partial charge on any atom is -0.321 e. The van der Waals surface area contributed by atoms with Crippen molar-refractivity contribution in [2.75, 3.05) is 0 Å². The Labute approximate surface area is 118 Å². The summed E-state index contributed by atoms with van der Waals surface area (Å²) >= 11 is 7.75. The number of halogens is 2. The third-order valence-corrected chi connectivity index (χ3v) is 3.85. The maximum absolute atomic E-state index is 13.3. The van der Waals surface area contributed by atoms with Gasteiger partial charge in [0.2, 0.25) is 0 Å². The van der Waals surface area contributed by atoms with Gasteiger partial charge in [-0.05, 0) is 19.1 Å². The van der Waals surface area contributed by atoms with E-state index in [2.05, 4.69) is 9.97 Å². The number of hydrogen-bond acceptors (Lipinski definition) is 3. The Hall–Kier alpha value is -1.46. The summed E-state index contributed by atoms with van der Waals surface area (Å²) in [4.78, 5) is 9.61. The molecule has 0 saturated carbocycles. The molecular formula is C13H11ClFN3S. The lowest BCUT2D eigenvalue weighted by Crippen LogP contribution is -2.04. The minimum atomic E-state index is -0.288. The number of benzene rings is 1. The van der Waals surface area contributed by atoms with Gasteiger partial charge in [0.1, 0.15) is 11.6 Å². The highest BCUT2D eigenvalue weighted by atomic mass is 35.5. The summed E-state index contributed by atoms with van der Waals surface area (Å²) in [5.41, 5.74) is 3.31. The average Bonchev–Trinajstić information content (AvgIpc) is 2.97. The van der Waals surface area contributed by atoms with Gasteiger partial charge in [-0.1, -0.05) is 0 Å². The molecule has 19 heavy (non-hydrogen) atoms. The molecule has 1 aromatic carbocycles. The molecular weight excluding hydrogens is 285 g/mol. The first-order chi connectivity index (χ1) is 9.15. The van der Waals surface area contributed by atoms with Gasteiger partial charge in [0.25, 0.3) is 0 Å². The van der Waals surface area contributed by atoms with Gasteiger partial charge in [0, 0.05) is 17.1 Å². The van der Waals surface area contributed by atoms with E-state index in [1.165, 1.54) is 12.1 Å². The molecule has 3 rings (SSSR count). The Kier molecular flexibility index (Phi) is 3.24. The molecule has 98 valence electrons. The van der Waals surface area contributed by atoms with Crippen molar-refractivity contribution < 1.29 is 4.39 Å². The van der Waals surface area contributed by atoms with Crippen LogP contribution in [0.1, 0.15) is 23.0 Å². The van der Waals surface area contributed by atoms with E-state index in [1.807, 2.05) is 17.7 Å². The summed E-state index contributed by atoms with van der Waals surface area (Å²) in [5, 5.41) is -0.233. The van der Waals surface area contributed by atoms with Gasteiger partial charge in [-0.2, -0.15) is 0 Å². The van der Waals surface area contributed by atoms with Crippen LogP contribution in [0.25, 0.3) is 11.0 Å². The Bertz CT molecular complexity index is 706. The number of fused-ring (bicyclic) bond motifs is 1. The van der Waals surface area contributed by atoms with E-state index in [0.29, 0.717) is 12.1 Å². The van der Waals surface area contributed by atoms with Crippen molar-refractivity contribution in [1.82, 2.24) is 14.5 Å².